The standard InChI is InChI=1S/C30H38N3.HI/c1-6-32(7-2)29-21-15-25(16-22-29)13-19-27-11-10-12-28(31(27)5)20-14-26-17-23-30(24-18-26)33(8-3)9-4;/h10-24H,6-9H2,1-5H3;1H/q+1;/p-1. The van der Waals surface area contributed by atoms with Crippen LogP contribution in [-0.2, 0) is 7.05 Å². The first-order chi connectivity index (χ1) is 16.1. The highest BCUT2D eigenvalue weighted by Crippen LogP contribution is 2.18. The SMILES string of the molecule is CCN(CC)c1ccc(/C=C/c2cccc(/C=C/c3ccc(N(CC)CC)cc3)[n+]2C)cc1.[I-]. The number of hydrogen-bond donors (Lipinski definition) is 0. The topological polar surface area (TPSA) is 10.4 Å². The molecule has 0 fully saturated rings. The number of nitrogens with zero attached hydrogens (tertiary/aromatic N) is 3. The predicted molar refractivity (Wildman–Crippen MR) is 145 cm³/mol. The number of rotatable bonds is 10. The largest absolute Gasteiger partial charge is 1.00 e. The van der Waals surface area contributed by atoms with Crippen LogP contribution in [0.3, 0.4) is 0 Å². The third-order valence-electron chi connectivity index (χ3n) is 6.25. The predicted octanol–water partition coefficient (Wildman–Crippen LogP) is 3.55. The van der Waals surface area contributed by atoms with Gasteiger partial charge >= 0.3 is 0 Å². The van der Waals surface area contributed by atoms with Crippen molar-refractivity contribution in [2.24, 2.45) is 7.05 Å². The van der Waals surface area contributed by atoms with E-state index in [9.17, 15) is 0 Å². The zero-order chi connectivity index (χ0) is 23.6. The molecule has 0 saturated carbocycles. The summed E-state index contributed by atoms with van der Waals surface area (Å²) in [7, 11) is 2.12. The molecule has 0 saturated heterocycles. The van der Waals surface area contributed by atoms with Gasteiger partial charge in [-0.05, 0) is 81.3 Å². The third-order valence-corrected chi connectivity index (χ3v) is 6.25. The molecular formula is C30H38IN3. The van der Waals surface area contributed by atoms with Crippen molar-refractivity contribution >= 4 is 35.7 Å². The maximum Gasteiger partial charge on any atom is 0.205 e. The van der Waals surface area contributed by atoms with E-state index in [1.807, 2.05) is 0 Å². The lowest BCUT2D eigenvalue weighted by Gasteiger charge is -2.20. The second-order valence-electron chi connectivity index (χ2n) is 8.13. The van der Waals surface area contributed by atoms with Gasteiger partial charge in [-0.3, -0.25) is 0 Å². The van der Waals surface area contributed by atoms with Crippen LogP contribution in [0.15, 0.2) is 66.7 Å². The summed E-state index contributed by atoms with van der Waals surface area (Å²) in [6.45, 7) is 12.9. The Labute approximate surface area is 223 Å². The van der Waals surface area contributed by atoms with Crippen LogP contribution < -0.4 is 38.3 Å². The van der Waals surface area contributed by atoms with Gasteiger partial charge in [0.15, 0.2) is 0 Å². The average molecular weight is 568 g/mol. The maximum absolute atomic E-state index is 2.36. The Kier molecular flexibility index (Phi) is 11.3. The molecule has 0 N–H and O–H groups in total. The molecule has 3 rings (SSSR count). The van der Waals surface area contributed by atoms with Gasteiger partial charge in [0.25, 0.3) is 0 Å². The minimum absolute atomic E-state index is 0. The molecule has 2 aromatic carbocycles. The second-order valence-corrected chi connectivity index (χ2v) is 8.13. The van der Waals surface area contributed by atoms with Gasteiger partial charge in [-0.2, -0.15) is 4.57 Å². The highest BCUT2D eigenvalue weighted by atomic mass is 127. The van der Waals surface area contributed by atoms with E-state index < -0.39 is 0 Å². The highest BCUT2D eigenvalue weighted by Gasteiger charge is 2.08. The zero-order valence-electron chi connectivity index (χ0n) is 21.2. The molecule has 1 heterocycles. The maximum atomic E-state index is 2.36. The molecular weight excluding hydrogens is 529 g/mol. The smallest absolute Gasteiger partial charge is 0.205 e. The summed E-state index contributed by atoms with van der Waals surface area (Å²) in [5.74, 6) is 0. The van der Waals surface area contributed by atoms with Crippen molar-refractivity contribution < 1.29 is 28.5 Å². The van der Waals surface area contributed by atoms with Crippen LogP contribution in [0.5, 0.6) is 0 Å². The fourth-order valence-corrected chi connectivity index (χ4v) is 4.09. The molecule has 180 valence electrons. The number of benzene rings is 2. The van der Waals surface area contributed by atoms with Crippen molar-refractivity contribution in [3.05, 3.63) is 89.2 Å². The van der Waals surface area contributed by atoms with E-state index in [-0.39, 0.29) is 24.0 Å². The second kappa shape index (κ2) is 14.0. The van der Waals surface area contributed by atoms with E-state index in [0.29, 0.717) is 0 Å². The van der Waals surface area contributed by atoms with Gasteiger partial charge in [0.1, 0.15) is 7.05 Å². The van der Waals surface area contributed by atoms with Crippen molar-refractivity contribution in [2.75, 3.05) is 36.0 Å². The molecule has 0 spiro atoms. The normalized spacial score (nSPS) is 11.1. The van der Waals surface area contributed by atoms with Gasteiger partial charge < -0.3 is 33.8 Å². The lowest BCUT2D eigenvalue weighted by Crippen LogP contribution is -3.00. The molecule has 0 aliphatic carbocycles. The molecule has 3 aromatic rings. The zero-order valence-corrected chi connectivity index (χ0v) is 23.4. The number of anilines is 2. The Morgan fingerprint density at radius 2 is 0.912 bits per heavy atom. The monoisotopic (exact) mass is 567 g/mol. The number of hydrogen-bond acceptors (Lipinski definition) is 2. The minimum Gasteiger partial charge on any atom is -1.00 e. The van der Waals surface area contributed by atoms with Crippen LogP contribution in [0.1, 0.15) is 50.2 Å². The summed E-state index contributed by atoms with van der Waals surface area (Å²) in [4.78, 5) is 4.72. The molecule has 0 unspecified atom stereocenters. The van der Waals surface area contributed by atoms with E-state index in [1.165, 1.54) is 33.9 Å². The molecule has 3 nitrogen and oxygen atoms in total. The summed E-state index contributed by atoms with van der Waals surface area (Å²) in [6.07, 6.45) is 8.73. The summed E-state index contributed by atoms with van der Waals surface area (Å²) < 4.78 is 2.22. The quantitative estimate of drug-likeness (QED) is 0.274. The van der Waals surface area contributed by atoms with Gasteiger partial charge in [0, 0.05) is 61.8 Å². The molecule has 34 heavy (non-hydrogen) atoms. The fraction of sp³-hybridized carbons (Fsp3) is 0.300. The van der Waals surface area contributed by atoms with E-state index in [0.717, 1.165) is 26.2 Å². The molecule has 0 radical (unpaired) electrons. The van der Waals surface area contributed by atoms with Crippen molar-refractivity contribution in [1.29, 1.82) is 0 Å². The lowest BCUT2D eigenvalue weighted by atomic mass is 10.1. The third kappa shape index (κ3) is 7.20. The first-order valence-electron chi connectivity index (χ1n) is 12.1. The summed E-state index contributed by atoms with van der Waals surface area (Å²) in [6, 6.07) is 24.0. The van der Waals surface area contributed by atoms with Crippen molar-refractivity contribution in [1.82, 2.24) is 0 Å². The van der Waals surface area contributed by atoms with Crippen molar-refractivity contribution in [3.8, 4) is 0 Å². The van der Waals surface area contributed by atoms with Crippen LogP contribution in [0, 0.1) is 0 Å². The molecule has 4 heteroatoms. The Hall–Kier alpha value is -2.60. The van der Waals surface area contributed by atoms with Crippen LogP contribution in [0.2, 0.25) is 0 Å². The van der Waals surface area contributed by atoms with Gasteiger partial charge in [-0.25, -0.2) is 0 Å². The number of aromatic nitrogens is 1. The van der Waals surface area contributed by atoms with Crippen LogP contribution >= 0.6 is 0 Å². The van der Waals surface area contributed by atoms with Crippen LogP contribution in [0.25, 0.3) is 24.3 Å². The van der Waals surface area contributed by atoms with E-state index >= 15 is 0 Å². The van der Waals surface area contributed by atoms with E-state index in [4.69, 9.17) is 0 Å². The first kappa shape index (κ1) is 27.6. The fourth-order valence-electron chi connectivity index (χ4n) is 4.09. The Bertz CT molecular complexity index is 977. The Balaban J connectivity index is 0.00000408. The molecule has 0 bridgehead atoms. The minimum atomic E-state index is 0. The summed E-state index contributed by atoms with van der Waals surface area (Å²) >= 11 is 0. The van der Waals surface area contributed by atoms with Gasteiger partial charge in [-0.1, -0.05) is 24.3 Å². The van der Waals surface area contributed by atoms with Crippen molar-refractivity contribution in [3.63, 3.8) is 0 Å². The van der Waals surface area contributed by atoms with Gasteiger partial charge in [0.2, 0.25) is 11.4 Å². The highest BCUT2D eigenvalue weighted by molar-refractivity contribution is 5.70. The molecule has 0 atom stereocenters. The van der Waals surface area contributed by atoms with Crippen LogP contribution in [0.4, 0.5) is 11.4 Å². The van der Waals surface area contributed by atoms with Gasteiger partial charge in [-0.15, -0.1) is 0 Å². The Morgan fingerprint density at radius 3 is 1.24 bits per heavy atom. The van der Waals surface area contributed by atoms with Gasteiger partial charge in [0.05, 0.1) is 0 Å². The summed E-state index contributed by atoms with van der Waals surface area (Å²) in [5, 5.41) is 0. The molecule has 0 aliphatic heterocycles. The molecule has 0 amide bonds. The van der Waals surface area contributed by atoms with E-state index in [2.05, 4.69) is 140 Å². The van der Waals surface area contributed by atoms with E-state index in [1.54, 1.807) is 0 Å². The summed E-state index contributed by atoms with van der Waals surface area (Å²) in [5.41, 5.74) is 7.31. The molecule has 1 aromatic heterocycles. The molecule has 0 aliphatic rings. The van der Waals surface area contributed by atoms with Crippen LogP contribution in [-0.4, -0.2) is 26.2 Å². The Morgan fingerprint density at radius 1 is 0.559 bits per heavy atom. The first-order valence-corrected chi connectivity index (χ1v) is 12.1. The average Bonchev–Trinajstić information content (AvgIpc) is 2.86. The number of pyridine rings is 1. The van der Waals surface area contributed by atoms with Crippen molar-refractivity contribution in [2.45, 2.75) is 27.7 Å². The number of halogens is 1. The lowest BCUT2D eigenvalue weighted by molar-refractivity contribution is -0.675.